The zero-order chi connectivity index (χ0) is 13.9. The number of carbonyl (C=O) groups excluding carboxylic acids is 1. The molecule has 2 atom stereocenters. The van der Waals surface area contributed by atoms with Gasteiger partial charge in [0.15, 0.2) is 0 Å². The number of hydrogen-bond acceptors (Lipinski definition) is 4. The molecule has 0 aromatic heterocycles. The highest BCUT2D eigenvalue weighted by molar-refractivity contribution is 5.82. The van der Waals surface area contributed by atoms with Gasteiger partial charge in [-0.25, -0.2) is 0 Å². The van der Waals surface area contributed by atoms with Crippen molar-refractivity contribution in [1.29, 1.82) is 0 Å². The summed E-state index contributed by atoms with van der Waals surface area (Å²) in [5.41, 5.74) is 5.62. The second kappa shape index (κ2) is 5.67. The van der Waals surface area contributed by atoms with Gasteiger partial charge in [-0.3, -0.25) is 9.59 Å². The Morgan fingerprint density at radius 1 is 1.50 bits per heavy atom. The molecular formula is C12H22N2O4. The molecule has 6 nitrogen and oxygen atoms in total. The molecule has 1 saturated heterocycles. The maximum atomic E-state index is 12.2. The van der Waals surface area contributed by atoms with Gasteiger partial charge < -0.3 is 20.5 Å². The Labute approximate surface area is 107 Å². The summed E-state index contributed by atoms with van der Waals surface area (Å²) in [5.74, 6) is -1.06. The van der Waals surface area contributed by atoms with Gasteiger partial charge in [0.25, 0.3) is 0 Å². The van der Waals surface area contributed by atoms with Crippen LogP contribution in [0.1, 0.15) is 27.2 Å². The lowest BCUT2D eigenvalue weighted by atomic mass is 9.86. The van der Waals surface area contributed by atoms with Crippen LogP contribution in [0.15, 0.2) is 0 Å². The number of nitrogens with two attached hydrogens (primary N) is 1. The molecule has 0 aliphatic carbocycles. The van der Waals surface area contributed by atoms with Crippen LogP contribution in [-0.4, -0.2) is 53.7 Å². The van der Waals surface area contributed by atoms with Crippen LogP contribution in [0.2, 0.25) is 0 Å². The van der Waals surface area contributed by atoms with E-state index in [4.69, 9.17) is 15.6 Å². The lowest BCUT2D eigenvalue weighted by Gasteiger charge is -2.36. The van der Waals surface area contributed by atoms with Crippen molar-refractivity contribution in [2.45, 2.75) is 39.3 Å². The molecule has 1 rings (SSSR count). The van der Waals surface area contributed by atoms with Crippen molar-refractivity contribution in [3.63, 3.8) is 0 Å². The number of carbonyl (C=O) groups is 2. The third-order valence-electron chi connectivity index (χ3n) is 3.05. The maximum Gasteiger partial charge on any atom is 0.306 e. The SMILES string of the molecule is CC(C)(C)[C@H](N)C(=O)N1CCOC(CC(=O)O)C1. The largest absolute Gasteiger partial charge is 0.481 e. The predicted octanol–water partition coefficient (Wildman–Crippen LogP) is 0.0619. The number of aliphatic carboxylic acids is 1. The maximum absolute atomic E-state index is 12.2. The quantitative estimate of drug-likeness (QED) is 0.747. The molecule has 1 heterocycles. The lowest BCUT2D eigenvalue weighted by Crippen LogP contribution is -2.55. The monoisotopic (exact) mass is 258 g/mol. The van der Waals surface area contributed by atoms with Gasteiger partial charge in [-0.2, -0.15) is 0 Å². The van der Waals surface area contributed by atoms with Gasteiger partial charge in [-0.1, -0.05) is 20.8 Å². The Bertz CT molecular complexity index is 325. The third kappa shape index (κ3) is 3.96. The van der Waals surface area contributed by atoms with Gasteiger partial charge in [0.1, 0.15) is 0 Å². The van der Waals surface area contributed by atoms with E-state index in [2.05, 4.69) is 0 Å². The van der Waals surface area contributed by atoms with E-state index in [1.165, 1.54) is 0 Å². The number of nitrogens with zero attached hydrogens (tertiary/aromatic N) is 1. The van der Waals surface area contributed by atoms with Crippen LogP contribution < -0.4 is 5.73 Å². The molecule has 0 aromatic carbocycles. The molecule has 1 amide bonds. The van der Waals surface area contributed by atoms with E-state index in [-0.39, 0.29) is 17.7 Å². The summed E-state index contributed by atoms with van der Waals surface area (Å²) in [6.45, 7) is 6.86. The molecule has 1 unspecified atom stereocenters. The minimum Gasteiger partial charge on any atom is -0.481 e. The first-order valence-corrected chi connectivity index (χ1v) is 6.09. The Hall–Kier alpha value is -1.14. The minimum absolute atomic E-state index is 0.0888. The summed E-state index contributed by atoms with van der Waals surface area (Å²) in [4.78, 5) is 24.4. The summed E-state index contributed by atoms with van der Waals surface area (Å²) < 4.78 is 5.32. The normalized spacial score (nSPS) is 22.7. The van der Waals surface area contributed by atoms with Crippen molar-refractivity contribution in [3.8, 4) is 0 Å². The van der Waals surface area contributed by atoms with Crippen molar-refractivity contribution in [2.75, 3.05) is 19.7 Å². The zero-order valence-electron chi connectivity index (χ0n) is 11.2. The third-order valence-corrected chi connectivity index (χ3v) is 3.05. The molecule has 1 aliphatic heterocycles. The number of ether oxygens (including phenoxy) is 1. The van der Waals surface area contributed by atoms with Gasteiger partial charge in [-0.05, 0) is 5.41 Å². The molecular weight excluding hydrogens is 236 g/mol. The van der Waals surface area contributed by atoms with Crippen LogP contribution in [0.25, 0.3) is 0 Å². The summed E-state index contributed by atoms with van der Waals surface area (Å²) >= 11 is 0. The Kier molecular flexibility index (Phi) is 4.70. The lowest BCUT2D eigenvalue weighted by molar-refractivity contribution is -0.149. The fourth-order valence-electron chi connectivity index (χ4n) is 1.80. The molecule has 0 radical (unpaired) electrons. The fourth-order valence-corrected chi connectivity index (χ4v) is 1.80. The molecule has 104 valence electrons. The first-order chi connectivity index (χ1) is 8.21. The summed E-state index contributed by atoms with van der Waals surface area (Å²) in [6.07, 6.45) is -0.526. The molecule has 18 heavy (non-hydrogen) atoms. The van der Waals surface area contributed by atoms with E-state index in [1.54, 1.807) is 4.90 Å². The number of hydrogen-bond donors (Lipinski definition) is 2. The van der Waals surface area contributed by atoms with E-state index in [0.717, 1.165) is 0 Å². The molecule has 6 heteroatoms. The number of amides is 1. The smallest absolute Gasteiger partial charge is 0.306 e. The van der Waals surface area contributed by atoms with Crippen molar-refractivity contribution < 1.29 is 19.4 Å². The fraction of sp³-hybridized carbons (Fsp3) is 0.833. The van der Waals surface area contributed by atoms with Gasteiger partial charge in [0.05, 0.1) is 25.2 Å². The molecule has 1 fully saturated rings. The topological polar surface area (TPSA) is 92.9 Å². The van der Waals surface area contributed by atoms with Gasteiger partial charge >= 0.3 is 5.97 Å². The Balaban J connectivity index is 2.61. The average molecular weight is 258 g/mol. The second-order valence-corrected chi connectivity index (χ2v) is 5.72. The summed E-state index contributed by atoms with van der Waals surface area (Å²) in [6, 6.07) is -0.582. The predicted molar refractivity (Wildman–Crippen MR) is 66.0 cm³/mol. The minimum atomic E-state index is -0.922. The van der Waals surface area contributed by atoms with E-state index >= 15 is 0 Å². The highest BCUT2D eigenvalue weighted by Gasteiger charge is 2.34. The van der Waals surface area contributed by atoms with Crippen LogP contribution in [0, 0.1) is 5.41 Å². The first-order valence-electron chi connectivity index (χ1n) is 6.09. The van der Waals surface area contributed by atoms with Crippen molar-refractivity contribution in [1.82, 2.24) is 4.90 Å². The van der Waals surface area contributed by atoms with E-state index in [9.17, 15) is 9.59 Å². The van der Waals surface area contributed by atoms with Crippen LogP contribution >= 0.6 is 0 Å². The number of rotatable bonds is 3. The Morgan fingerprint density at radius 2 is 2.11 bits per heavy atom. The second-order valence-electron chi connectivity index (χ2n) is 5.72. The zero-order valence-corrected chi connectivity index (χ0v) is 11.2. The average Bonchev–Trinajstić information content (AvgIpc) is 2.25. The van der Waals surface area contributed by atoms with E-state index in [0.29, 0.717) is 19.7 Å². The first kappa shape index (κ1) is 14.9. The number of carboxylic acids is 1. The van der Waals surface area contributed by atoms with Crippen LogP contribution in [-0.2, 0) is 14.3 Å². The van der Waals surface area contributed by atoms with Gasteiger partial charge in [0.2, 0.25) is 5.91 Å². The van der Waals surface area contributed by atoms with Crippen molar-refractivity contribution in [3.05, 3.63) is 0 Å². The van der Waals surface area contributed by atoms with E-state index < -0.39 is 18.1 Å². The summed E-state index contributed by atoms with van der Waals surface area (Å²) in [7, 11) is 0. The number of morpholine rings is 1. The summed E-state index contributed by atoms with van der Waals surface area (Å²) in [5, 5.41) is 8.72. The van der Waals surface area contributed by atoms with Crippen molar-refractivity contribution in [2.24, 2.45) is 11.1 Å². The molecule has 0 aromatic rings. The molecule has 1 aliphatic rings. The number of carboxylic acid groups (broad SMARTS) is 1. The van der Waals surface area contributed by atoms with Crippen LogP contribution in [0.5, 0.6) is 0 Å². The molecule has 0 saturated carbocycles. The van der Waals surface area contributed by atoms with E-state index in [1.807, 2.05) is 20.8 Å². The van der Waals surface area contributed by atoms with Crippen molar-refractivity contribution >= 4 is 11.9 Å². The molecule has 0 spiro atoms. The van der Waals surface area contributed by atoms with Crippen LogP contribution in [0.4, 0.5) is 0 Å². The highest BCUT2D eigenvalue weighted by atomic mass is 16.5. The molecule has 3 N–H and O–H groups in total. The van der Waals surface area contributed by atoms with Gasteiger partial charge in [0, 0.05) is 13.1 Å². The van der Waals surface area contributed by atoms with Gasteiger partial charge in [-0.15, -0.1) is 0 Å². The standard InChI is InChI=1S/C12H22N2O4/c1-12(2,3)10(13)11(17)14-4-5-18-8(7-14)6-9(15)16/h8,10H,4-7,13H2,1-3H3,(H,15,16)/t8?,10-/m1/s1. The van der Waals surface area contributed by atoms with Crippen LogP contribution in [0.3, 0.4) is 0 Å². The highest BCUT2D eigenvalue weighted by Crippen LogP contribution is 2.20. The Morgan fingerprint density at radius 3 is 2.61 bits per heavy atom. The molecule has 0 bridgehead atoms.